The molecule has 2 aromatic carbocycles. The lowest BCUT2D eigenvalue weighted by Gasteiger charge is -2.41. The monoisotopic (exact) mass is 670 g/mol. The zero-order valence-electron chi connectivity index (χ0n) is 24.5. The van der Waals surface area contributed by atoms with Crippen molar-refractivity contribution in [1.29, 1.82) is 0 Å². The van der Waals surface area contributed by atoms with Crippen LogP contribution in [0.3, 0.4) is 0 Å². The summed E-state index contributed by atoms with van der Waals surface area (Å²) in [6.07, 6.45) is -5.63. The Kier molecular flexibility index (Phi) is 14.0. The Balaban J connectivity index is 0.00000337. The third-order valence-electron chi connectivity index (χ3n) is 7.68. The molecule has 14 heteroatoms. The second-order valence-corrected chi connectivity index (χ2v) is 10.8. The van der Waals surface area contributed by atoms with Gasteiger partial charge in [0.2, 0.25) is 0 Å². The van der Waals surface area contributed by atoms with Crippen molar-refractivity contribution in [1.82, 2.24) is 20.2 Å². The van der Waals surface area contributed by atoms with Gasteiger partial charge < -0.3 is 9.64 Å². The number of carbonyl (C=O) groups is 1. The molecule has 2 aliphatic rings. The fourth-order valence-corrected chi connectivity index (χ4v) is 5.18. The summed E-state index contributed by atoms with van der Waals surface area (Å²) >= 11 is 0. The van der Waals surface area contributed by atoms with Crippen LogP contribution in [0.5, 0.6) is 0 Å². The van der Waals surface area contributed by atoms with Crippen molar-refractivity contribution in [3.63, 3.8) is 0 Å². The molecule has 0 unspecified atom stereocenters. The molecule has 0 aliphatic carbocycles. The van der Waals surface area contributed by atoms with Gasteiger partial charge in [0, 0.05) is 57.4 Å². The number of aryl methyl sites for hydroxylation is 2. The van der Waals surface area contributed by atoms with Crippen LogP contribution in [0.25, 0.3) is 0 Å². The summed E-state index contributed by atoms with van der Waals surface area (Å²) in [5, 5.41) is 2.09. The first kappa shape index (κ1) is 37.8. The number of ether oxygens (including phenoxy) is 1. The van der Waals surface area contributed by atoms with E-state index in [9.17, 15) is 31.1 Å². The number of morpholine rings is 1. The van der Waals surface area contributed by atoms with Crippen LogP contribution < -0.4 is 5.43 Å². The van der Waals surface area contributed by atoms with Crippen molar-refractivity contribution in [3.05, 3.63) is 81.9 Å². The van der Waals surface area contributed by atoms with Crippen molar-refractivity contribution < 1.29 is 35.9 Å². The molecular weight excluding hydrogens is 633 g/mol. The van der Waals surface area contributed by atoms with Crippen LogP contribution in [-0.4, -0.2) is 85.8 Å². The number of nitrogens with one attached hydrogen (secondary N) is 1. The summed E-state index contributed by atoms with van der Waals surface area (Å²) in [6, 6.07) is 6.53. The Hall–Kier alpha value is -2.35. The highest BCUT2D eigenvalue weighted by Crippen LogP contribution is 2.37. The Morgan fingerprint density at radius 1 is 0.886 bits per heavy atom. The predicted octanol–water partition coefficient (Wildman–Crippen LogP) is 5.95. The summed E-state index contributed by atoms with van der Waals surface area (Å²) in [6.45, 7) is 9.17. The number of hydrogen-bond acceptors (Lipinski definition) is 5. The summed E-state index contributed by atoms with van der Waals surface area (Å²) in [4.78, 5) is 17.1. The van der Waals surface area contributed by atoms with Gasteiger partial charge in [-0.15, -0.1) is 24.8 Å². The van der Waals surface area contributed by atoms with Crippen LogP contribution in [0.1, 0.15) is 38.2 Å². The van der Waals surface area contributed by atoms with Crippen molar-refractivity contribution in [2.24, 2.45) is 0 Å². The average molecular weight is 672 g/mol. The first-order valence-electron chi connectivity index (χ1n) is 13.9. The second-order valence-electron chi connectivity index (χ2n) is 10.8. The quantitative estimate of drug-likeness (QED) is 0.278. The molecule has 246 valence electrons. The van der Waals surface area contributed by atoms with Gasteiger partial charge in [-0.25, -0.2) is 5.01 Å². The van der Waals surface area contributed by atoms with Gasteiger partial charge in [-0.1, -0.05) is 30.4 Å². The Bertz CT molecular complexity index is 1240. The lowest BCUT2D eigenvalue weighted by molar-refractivity contribution is -0.143. The lowest BCUT2D eigenvalue weighted by atomic mass is 9.97. The standard InChI is InChI=1S/C30H36F6N4O2.2ClH/c1-21-5-6-23(15-22(21)2)16-27-20-38(8-4-3-7-37-39-11-13-42-14-12-39)9-10-40(27)28(41)24-17-25(29(31,32)33)19-26(18-24)30(34,35)36;;/h3-6,15,17-19,27,37H,7-14,16,20H2,1-2H3;2*1H/t27-;;/m1../s1. The molecule has 1 amide bonds. The van der Waals surface area contributed by atoms with Crippen molar-refractivity contribution in [2.75, 3.05) is 59.0 Å². The van der Waals surface area contributed by atoms with Crippen LogP contribution in [0.4, 0.5) is 26.3 Å². The van der Waals surface area contributed by atoms with E-state index in [-0.39, 0.29) is 37.4 Å². The largest absolute Gasteiger partial charge is 0.416 e. The predicted molar refractivity (Wildman–Crippen MR) is 161 cm³/mol. The van der Waals surface area contributed by atoms with E-state index >= 15 is 0 Å². The number of rotatable bonds is 8. The molecule has 1 N–H and O–H groups in total. The lowest BCUT2D eigenvalue weighted by Crippen LogP contribution is -2.56. The number of halogens is 8. The Morgan fingerprint density at radius 2 is 1.52 bits per heavy atom. The first-order valence-corrected chi connectivity index (χ1v) is 13.9. The molecule has 2 aliphatic heterocycles. The van der Waals surface area contributed by atoms with Gasteiger partial charge in [-0.05, 0) is 55.2 Å². The SMILES string of the molecule is Cc1ccc(C[C@@H]2CN(CC=CCNN3CCOCC3)CCN2C(=O)c2cc(C(F)(F)F)cc(C(F)(F)F)c2)cc1C.Cl.Cl. The molecular formula is C30H38Cl2F6N4O2. The molecule has 2 aromatic rings. The number of nitrogens with zero attached hydrogens (tertiary/aromatic N) is 3. The van der Waals surface area contributed by atoms with E-state index in [4.69, 9.17) is 4.74 Å². The Labute approximate surface area is 266 Å². The Morgan fingerprint density at radius 3 is 2.11 bits per heavy atom. The summed E-state index contributed by atoms with van der Waals surface area (Å²) in [5.74, 6) is -0.842. The maximum atomic E-state index is 13.6. The van der Waals surface area contributed by atoms with Gasteiger partial charge in [0.15, 0.2) is 0 Å². The summed E-state index contributed by atoms with van der Waals surface area (Å²) in [5.41, 5.74) is 2.79. The van der Waals surface area contributed by atoms with E-state index in [0.29, 0.717) is 57.9 Å². The van der Waals surface area contributed by atoms with Gasteiger partial charge in [-0.2, -0.15) is 26.3 Å². The normalized spacial score (nSPS) is 18.6. The van der Waals surface area contributed by atoms with Crippen LogP contribution in [0.15, 0.2) is 48.6 Å². The second kappa shape index (κ2) is 16.3. The maximum Gasteiger partial charge on any atom is 0.416 e. The number of piperazine rings is 1. The highest BCUT2D eigenvalue weighted by atomic mass is 35.5. The number of amides is 1. The van der Waals surface area contributed by atoms with Gasteiger partial charge in [-0.3, -0.25) is 15.1 Å². The number of alkyl halides is 6. The van der Waals surface area contributed by atoms with Crippen molar-refractivity contribution >= 4 is 30.7 Å². The molecule has 0 aromatic heterocycles. The number of benzene rings is 2. The fraction of sp³-hybridized carbons (Fsp3) is 0.500. The minimum absolute atomic E-state index is 0. The fourth-order valence-electron chi connectivity index (χ4n) is 5.18. The van der Waals surface area contributed by atoms with Crippen molar-refractivity contribution in [2.45, 2.75) is 38.7 Å². The minimum atomic E-state index is -5.03. The van der Waals surface area contributed by atoms with E-state index in [1.807, 2.05) is 44.2 Å². The molecule has 4 rings (SSSR count). The minimum Gasteiger partial charge on any atom is -0.379 e. The smallest absolute Gasteiger partial charge is 0.379 e. The number of carbonyl (C=O) groups excluding carboxylic acids is 1. The highest BCUT2D eigenvalue weighted by Gasteiger charge is 2.39. The van der Waals surface area contributed by atoms with Crippen molar-refractivity contribution in [3.8, 4) is 0 Å². The maximum absolute atomic E-state index is 13.6. The van der Waals surface area contributed by atoms with Crippen LogP contribution in [0, 0.1) is 13.8 Å². The highest BCUT2D eigenvalue weighted by molar-refractivity contribution is 5.95. The molecule has 6 nitrogen and oxygen atoms in total. The molecule has 0 radical (unpaired) electrons. The van der Waals surface area contributed by atoms with E-state index < -0.39 is 41.0 Å². The first-order chi connectivity index (χ1) is 19.8. The third kappa shape index (κ3) is 10.3. The molecule has 0 bridgehead atoms. The van der Waals surface area contributed by atoms with Gasteiger partial charge in [0.1, 0.15) is 0 Å². The zero-order valence-corrected chi connectivity index (χ0v) is 26.1. The van der Waals surface area contributed by atoms with Gasteiger partial charge in [0.25, 0.3) is 5.91 Å². The van der Waals surface area contributed by atoms with Gasteiger partial charge in [0.05, 0.1) is 24.3 Å². The molecule has 44 heavy (non-hydrogen) atoms. The molecule has 0 saturated carbocycles. The molecule has 2 saturated heterocycles. The van der Waals surface area contributed by atoms with Crippen LogP contribution in [0.2, 0.25) is 0 Å². The van der Waals surface area contributed by atoms with E-state index in [2.05, 4.69) is 15.3 Å². The van der Waals surface area contributed by atoms with E-state index in [1.54, 1.807) is 0 Å². The van der Waals surface area contributed by atoms with E-state index in [1.165, 1.54) is 4.90 Å². The average Bonchev–Trinajstić information content (AvgIpc) is 2.94. The molecule has 0 spiro atoms. The third-order valence-corrected chi connectivity index (χ3v) is 7.68. The van der Waals surface area contributed by atoms with Gasteiger partial charge >= 0.3 is 12.4 Å². The van der Waals surface area contributed by atoms with Crippen LogP contribution >= 0.6 is 24.8 Å². The zero-order chi connectivity index (χ0) is 30.5. The summed E-state index contributed by atoms with van der Waals surface area (Å²) < 4.78 is 86.3. The molecule has 1 atom stereocenters. The van der Waals surface area contributed by atoms with E-state index in [0.717, 1.165) is 29.8 Å². The number of hydrogen-bond donors (Lipinski definition) is 1. The molecule has 2 fully saturated rings. The topological polar surface area (TPSA) is 48.0 Å². The summed E-state index contributed by atoms with van der Waals surface area (Å²) in [7, 11) is 0. The number of hydrazine groups is 1. The molecule has 2 heterocycles. The van der Waals surface area contributed by atoms with Crippen LogP contribution in [-0.2, 0) is 23.5 Å².